The van der Waals surface area contributed by atoms with Gasteiger partial charge in [-0.3, -0.25) is 15.0 Å². The molecule has 1 saturated heterocycles. The molecule has 2 N–H and O–H groups in total. The first-order valence-corrected chi connectivity index (χ1v) is 12.2. The van der Waals surface area contributed by atoms with Crippen molar-refractivity contribution in [3.8, 4) is 16.9 Å². The number of amides is 3. The first-order chi connectivity index (χ1) is 16.1. The van der Waals surface area contributed by atoms with E-state index in [9.17, 15) is 9.59 Å². The standard InChI is InChI=1S/C26H28FN3O3S/c1-26(2,3)19-14-20(30-11-10-21(31)28-25(30)32)23(27)22(24(19)33-4)17-7-6-16-13-18(29-34-5)9-8-15(16)12-17/h6-9,12-14,29H,10-11H2,1-5H3,(H,28,31,32). The number of hydrogen-bond donors (Lipinski definition) is 2. The zero-order valence-electron chi connectivity index (χ0n) is 19.9. The third-order valence-electron chi connectivity index (χ3n) is 5.90. The summed E-state index contributed by atoms with van der Waals surface area (Å²) in [6.07, 6.45) is 2.07. The molecule has 1 fully saturated rings. The van der Waals surface area contributed by atoms with E-state index < -0.39 is 11.8 Å². The van der Waals surface area contributed by atoms with Crippen LogP contribution in [0.15, 0.2) is 42.5 Å². The zero-order chi connectivity index (χ0) is 24.6. The molecule has 1 heterocycles. The van der Waals surface area contributed by atoms with Gasteiger partial charge < -0.3 is 9.46 Å². The second-order valence-electron chi connectivity index (χ2n) is 9.25. The highest BCUT2D eigenvalue weighted by atomic mass is 32.2. The van der Waals surface area contributed by atoms with E-state index in [1.165, 1.54) is 24.0 Å². The third-order valence-corrected chi connectivity index (χ3v) is 6.34. The van der Waals surface area contributed by atoms with Crippen molar-refractivity contribution < 1.29 is 18.7 Å². The molecule has 6 nitrogen and oxygen atoms in total. The Labute approximate surface area is 203 Å². The van der Waals surface area contributed by atoms with Crippen LogP contribution in [0.25, 0.3) is 21.9 Å². The average Bonchev–Trinajstić information content (AvgIpc) is 2.78. The second kappa shape index (κ2) is 9.18. The van der Waals surface area contributed by atoms with Crippen LogP contribution in [0.1, 0.15) is 32.8 Å². The smallest absolute Gasteiger partial charge is 0.328 e. The Morgan fingerprint density at radius 2 is 1.79 bits per heavy atom. The number of halogens is 1. The minimum Gasteiger partial charge on any atom is -0.496 e. The maximum Gasteiger partial charge on any atom is 0.328 e. The predicted octanol–water partition coefficient (Wildman–Crippen LogP) is 6.09. The van der Waals surface area contributed by atoms with Crippen LogP contribution in [0.2, 0.25) is 0 Å². The molecule has 0 spiro atoms. The molecule has 1 aliphatic rings. The summed E-state index contributed by atoms with van der Waals surface area (Å²) in [5.74, 6) is -0.493. The minimum atomic E-state index is -0.626. The van der Waals surface area contributed by atoms with Gasteiger partial charge in [-0.15, -0.1) is 0 Å². The fraction of sp³-hybridized carbons (Fsp3) is 0.308. The number of imide groups is 1. The van der Waals surface area contributed by atoms with E-state index in [1.807, 2.05) is 63.4 Å². The molecular formula is C26H28FN3O3S. The lowest BCUT2D eigenvalue weighted by Gasteiger charge is -2.31. The summed E-state index contributed by atoms with van der Waals surface area (Å²) in [4.78, 5) is 25.5. The van der Waals surface area contributed by atoms with E-state index in [1.54, 1.807) is 6.07 Å². The van der Waals surface area contributed by atoms with Crippen LogP contribution in [0.5, 0.6) is 5.75 Å². The topological polar surface area (TPSA) is 70.7 Å². The Balaban J connectivity index is 1.94. The van der Waals surface area contributed by atoms with Crippen molar-refractivity contribution >= 4 is 46.0 Å². The number of anilines is 2. The lowest BCUT2D eigenvalue weighted by Crippen LogP contribution is -2.50. The second-order valence-corrected chi connectivity index (χ2v) is 9.87. The number of methoxy groups -OCH3 is 1. The molecule has 34 heavy (non-hydrogen) atoms. The summed E-state index contributed by atoms with van der Waals surface area (Å²) < 4.78 is 25.2. The van der Waals surface area contributed by atoms with Gasteiger partial charge >= 0.3 is 6.03 Å². The lowest BCUT2D eigenvalue weighted by atomic mass is 9.83. The van der Waals surface area contributed by atoms with E-state index in [0.29, 0.717) is 16.9 Å². The highest BCUT2D eigenvalue weighted by Gasteiger charge is 2.32. The fourth-order valence-corrected chi connectivity index (χ4v) is 4.59. The maximum absolute atomic E-state index is 16.2. The first-order valence-electron chi connectivity index (χ1n) is 11.0. The number of carbonyl (C=O) groups excluding carboxylic acids is 2. The van der Waals surface area contributed by atoms with E-state index in [-0.39, 0.29) is 30.0 Å². The van der Waals surface area contributed by atoms with Gasteiger partial charge in [-0.25, -0.2) is 9.18 Å². The van der Waals surface area contributed by atoms with Crippen molar-refractivity contribution in [3.63, 3.8) is 0 Å². The number of nitrogens with one attached hydrogen (secondary N) is 2. The van der Waals surface area contributed by atoms with Crippen molar-refractivity contribution in [2.75, 3.05) is 29.5 Å². The average molecular weight is 482 g/mol. The van der Waals surface area contributed by atoms with Crippen molar-refractivity contribution in [3.05, 3.63) is 53.8 Å². The molecular weight excluding hydrogens is 453 g/mol. The molecule has 0 radical (unpaired) electrons. The van der Waals surface area contributed by atoms with E-state index in [0.717, 1.165) is 22.0 Å². The van der Waals surface area contributed by atoms with Crippen LogP contribution in [0.3, 0.4) is 0 Å². The number of hydrogen-bond acceptors (Lipinski definition) is 5. The summed E-state index contributed by atoms with van der Waals surface area (Å²) in [7, 11) is 1.53. The molecule has 3 aromatic carbocycles. The largest absolute Gasteiger partial charge is 0.496 e. The molecule has 3 amide bonds. The molecule has 0 bridgehead atoms. The molecule has 8 heteroatoms. The van der Waals surface area contributed by atoms with Crippen molar-refractivity contribution in [2.24, 2.45) is 0 Å². The Hall–Kier alpha value is -3.26. The molecule has 0 unspecified atom stereocenters. The summed E-state index contributed by atoms with van der Waals surface area (Å²) in [6.45, 7) is 6.14. The van der Waals surface area contributed by atoms with Crippen LogP contribution < -0.4 is 19.7 Å². The van der Waals surface area contributed by atoms with Crippen LogP contribution in [-0.4, -0.2) is 31.8 Å². The van der Waals surface area contributed by atoms with Crippen LogP contribution in [0.4, 0.5) is 20.6 Å². The minimum absolute atomic E-state index is 0.111. The summed E-state index contributed by atoms with van der Waals surface area (Å²) in [6, 6.07) is 12.8. The van der Waals surface area contributed by atoms with E-state index in [2.05, 4.69) is 10.0 Å². The molecule has 4 rings (SSSR count). The third kappa shape index (κ3) is 4.42. The van der Waals surface area contributed by atoms with Crippen LogP contribution in [-0.2, 0) is 10.2 Å². The van der Waals surface area contributed by atoms with Gasteiger partial charge in [-0.1, -0.05) is 50.9 Å². The van der Waals surface area contributed by atoms with Crippen LogP contribution >= 0.6 is 11.9 Å². The molecule has 3 aromatic rings. The summed E-state index contributed by atoms with van der Waals surface area (Å²) >= 11 is 1.51. The van der Waals surface area contributed by atoms with Gasteiger partial charge in [-0.2, -0.15) is 0 Å². The molecule has 1 aliphatic heterocycles. The number of ether oxygens (including phenoxy) is 1. The van der Waals surface area contributed by atoms with Gasteiger partial charge in [0, 0.05) is 30.5 Å². The van der Waals surface area contributed by atoms with Crippen molar-refractivity contribution in [2.45, 2.75) is 32.6 Å². The van der Waals surface area contributed by atoms with Crippen molar-refractivity contribution in [1.29, 1.82) is 0 Å². The zero-order valence-corrected chi connectivity index (χ0v) is 20.7. The van der Waals surface area contributed by atoms with Gasteiger partial charge in [0.1, 0.15) is 5.75 Å². The van der Waals surface area contributed by atoms with Gasteiger partial charge in [0.05, 0.1) is 18.4 Å². The number of rotatable bonds is 5. The summed E-state index contributed by atoms with van der Waals surface area (Å²) in [5.41, 5.74) is 2.44. The molecule has 0 aromatic heterocycles. The molecule has 0 atom stereocenters. The van der Waals surface area contributed by atoms with Crippen molar-refractivity contribution in [1.82, 2.24) is 5.32 Å². The molecule has 0 aliphatic carbocycles. The van der Waals surface area contributed by atoms with Gasteiger partial charge in [0.25, 0.3) is 0 Å². The number of benzene rings is 3. The highest BCUT2D eigenvalue weighted by molar-refractivity contribution is 7.99. The number of nitrogens with zero attached hydrogens (tertiary/aromatic N) is 1. The normalized spacial score (nSPS) is 14.4. The van der Waals surface area contributed by atoms with Gasteiger partial charge in [0.2, 0.25) is 5.91 Å². The fourth-order valence-electron chi connectivity index (χ4n) is 4.23. The van der Waals surface area contributed by atoms with Crippen LogP contribution in [0, 0.1) is 5.82 Å². The maximum atomic E-state index is 16.2. The number of urea groups is 1. The first kappa shape index (κ1) is 23.9. The van der Waals surface area contributed by atoms with E-state index >= 15 is 4.39 Å². The Bertz CT molecular complexity index is 1290. The lowest BCUT2D eigenvalue weighted by molar-refractivity contribution is -0.120. The summed E-state index contributed by atoms with van der Waals surface area (Å²) in [5, 5.41) is 4.25. The Morgan fingerprint density at radius 3 is 2.44 bits per heavy atom. The van der Waals surface area contributed by atoms with Gasteiger partial charge in [-0.05, 0) is 46.0 Å². The SMILES string of the molecule is COc1c(C(C)(C)C)cc(N2CCC(=O)NC2=O)c(F)c1-c1ccc2cc(NSC)ccc2c1. The molecule has 0 saturated carbocycles. The quantitative estimate of drug-likeness (QED) is 0.432. The predicted molar refractivity (Wildman–Crippen MR) is 137 cm³/mol. The molecule has 178 valence electrons. The monoisotopic (exact) mass is 481 g/mol. The van der Waals surface area contributed by atoms with Gasteiger partial charge in [0.15, 0.2) is 5.82 Å². The highest BCUT2D eigenvalue weighted by Crippen LogP contribution is 2.45. The Kier molecular flexibility index (Phi) is 6.45. The Morgan fingerprint density at radius 1 is 1.09 bits per heavy atom. The number of fused-ring (bicyclic) bond motifs is 1. The van der Waals surface area contributed by atoms with E-state index in [4.69, 9.17) is 4.74 Å². The number of carbonyl (C=O) groups is 2.